The van der Waals surface area contributed by atoms with Crippen LogP contribution in [0.5, 0.6) is 0 Å². The number of rotatable bonds is 1. The van der Waals surface area contributed by atoms with E-state index in [4.69, 9.17) is 0 Å². The van der Waals surface area contributed by atoms with Crippen LogP contribution in [0.1, 0.15) is 38.7 Å². The maximum Gasteiger partial charge on any atom is 0.0175 e. The van der Waals surface area contributed by atoms with Gasteiger partial charge in [0.1, 0.15) is 0 Å². The Kier molecular flexibility index (Phi) is 3.94. The molecule has 2 heteroatoms. The highest BCUT2D eigenvalue weighted by molar-refractivity contribution is 9.10. The smallest absolute Gasteiger partial charge is 0.0175 e. The van der Waals surface area contributed by atoms with Crippen LogP contribution in [0.2, 0.25) is 0 Å². The molecule has 1 N–H and O–H groups in total. The fourth-order valence-electron chi connectivity index (χ4n) is 2.96. The third-order valence-electron chi connectivity index (χ3n) is 3.89. The maximum absolute atomic E-state index is 3.54. The number of benzene rings is 1. The number of halogens is 1. The first kappa shape index (κ1) is 13.1. The molecule has 17 heavy (non-hydrogen) atoms. The Morgan fingerprint density at radius 3 is 2.41 bits per heavy atom. The van der Waals surface area contributed by atoms with Crippen molar-refractivity contribution in [2.45, 2.75) is 33.1 Å². The minimum Gasteiger partial charge on any atom is -0.316 e. The van der Waals surface area contributed by atoms with E-state index in [2.05, 4.69) is 66.3 Å². The predicted molar refractivity (Wildman–Crippen MR) is 77.3 cm³/mol. The third-order valence-corrected chi connectivity index (χ3v) is 4.42. The molecule has 1 aliphatic heterocycles. The van der Waals surface area contributed by atoms with Gasteiger partial charge in [0.05, 0.1) is 0 Å². The van der Waals surface area contributed by atoms with Crippen LogP contribution in [0.25, 0.3) is 0 Å². The van der Waals surface area contributed by atoms with Gasteiger partial charge in [0.25, 0.3) is 0 Å². The van der Waals surface area contributed by atoms with Gasteiger partial charge in [0.15, 0.2) is 0 Å². The van der Waals surface area contributed by atoms with Crippen molar-refractivity contribution in [1.29, 1.82) is 0 Å². The summed E-state index contributed by atoms with van der Waals surface area (Å²) in [5.74, 6) is 1.42. The standard InChI is InChI=1S/C15H22BrN/c1-15(2,3)14-8-9-17-10-13(14)11-4-6-12(16)7-5-11/h4-7,13-14,17H,8-10H2,1-3H3. The van der Waals surface area contributed by atoms with E-state index in [-0.39, 0.29) is 0 Å². The van der Waals surface area contributed by atoms with Crippen LogP contribution in [0.4, 0.5) is 0 Å². The van der Waals surface area contributed by atoms with Crippen molar-refractivity contribution in [2.24, 2.45) is 11.3 Å². The zero-order valence-electron chi connectivity index (χ0n) is 11.0. The Morgan fingerprint density at radius 2 is 1.82 bits per heavy atom. The minimum atomic E-state index is 0.389. The highest BCUT2D eigenvalue weighted by Gasteiger charge is 2.34. The van der Waals surface area contributed by atoms with Gasteiger partial charge in [-0.3, -0.25) is 0 Å². The van der Waals surface area contributed by atoms with E-state index in [9.17, 15) is 0 Å². The molecule has 1 heterocycles. The van der Waals surface area contributed by atoms with Gasteiger partial charge in [-0.1, -0.05) is 48.8 Å². The second-order valence-corrected chi connectivity index (χ2v) is 7.04. The summed E-state index contributed by atoms with van der Waals surface area (Å²) in [7, 11) is 0. The molecule has 2 atom stereocenters. The Hall–Kier alpha value is -0.340. The topological polar surface area (TPSA) is 12.0 Å². The molecule has 0 aromatic heterocycles. The van der Waals surface area contributed by atoms with Crippen molar-refractivity contribution in [3.63, 3.8) is 0 Å². The van der Waals surface area contributed by atoms with Crippen LogP contribution in [0.3, 0.4) is 0 Å². The normalized spacial score (nSPS) is 25.9. The Morgan fingerprint density at radius 1 is 1.18 bits per heavy atom. The zero-order chi connectivity index (χ0) is 12.5. The molecule has 94 valence electrons. The summed E-state index contributed by atoms with van der Waals surface area (Å²) in [6.07, 6.45) is 1.28. The summed E-state index contributed by atoms with van der Waals surface area (Å²) in [6.45, 7) is 9.39. The van der Waals surface area contributed by atoms with Crippen LogP contribution >= 0.6 is 15.9 Å². The Balaban J connectivity index is 2.25. The van der Waals surface area contributed by atoms with E-state index >= 15 is 0 Å². The Labute approximate surface area is 113 Å². The number of piperidine rings is 1. The lowest BCUT2D eigenvalue weighted by atomic mass is 9.68. The number of hydrogen-bond donors (Lipinski definition) is 1. The highest BCUT2D eigenvalue weighted by Crippen LogP contribution is 2.41. The van der Waals surface area contributed by atoms with Crippen molar-refractivity contribution in [1.82, 2.24) is 5.32 Å². The molecule has 1 aliphatic rings. The summed E-state index contributed by atoms with van der Waals surface area (Å²) in [5, 5.41) is 3.54. The van der Waals surface area contributed by atoms with E-state index in [1.54, 1.807) is 0 Å². The van der Waals surface area contributed by atoms with E-state index < -0.39 is 0 Å². The minimum absolute atomic E-state index is 0.389. The molecule has 0 spiro atoms. The van der Waals surface area contributed by atoms with Crippen molar-refractivity contribution in [2.75, 3.05) is 13.1 Å². The molecule has 0 radical (unpaired) electrons. The van der Waals surface area contributed by atoms with Gasteiger partial charge >= 0.3 is 0 Å². The predicted octanol–water partition coefficient (Wildman–Crippen LogP) is 4.19. The van der Waals surface area contributed by atoms with Crippen molar-refractivity contribution in [3.05, 3.63) is 34.3 Å². The molecule has 1 aromatic carbocycles. The van der Waals surface area contributed by atoms with E-state index in [1.165, 1.54) is 12.0 Å². The lowest BCUT2D eigenvalue weighted by Gasteiger charge is -2.41. The number of nitrogens with one attached hydrogen (secondary N) is 1. The van der Waals surface area contributed by atoms with Gasteiger partial charge in [-0.15, -0.1) is 0 Å². The highest BCUT2D eigenvalue weighted by atomic mass is 79.9. The van der Waals surface area contributed by atoms with Crippen molar-refractivity contribution >= 4 is 15.9 Å². The molecule has 1 saturated heterocycles. The lowest BCUT2D eigenvalue weighted by Crippen LogP contribution is -2.40. The monoisotopic (exact) mass is 295 g/mol. The Bertz CT molecular complexity index is 364. The van der Waals surface area contributed by atoms with Gasteiger partial charge in [0.2, 0.25) is 0 Å². The van der Waals surface area contributed by atoms with Gasteiger partial charge in [-0.25, -0.2) is 0 Å². The van der Waals surface area contributed by atoms with E-state index in [0.29, 0.717) is 11.3 Å². The van der Waals surface area contributed by atoms with E-state index in [1.807, 2.05) is 0 Å². The lowest BCUT2D eigenvalue weighted by molar-refractivity contribution is 0.160. The average Bonchev–Trinajstić information content (AvgIpc) is 2.29. The first-order valence-electron chi connectivity index (χ1n) is 6.44. The largest absolute Gasteiger partial charge is 0.316 e. The summed E-state index contributed by atoms with van der Waals surface area (Å²) in [4.78, 5) is 0. The van der Waals surface area contributed by atoms with Crippen LogP contribution in [-0.2, 0) is 0 Å². The van der Waals surface area contributed by atoms with Gasteiger partial charge in [-0.05, 0) is 47.9 Å². The first-order valence-corrected chi connectivity index (χ1v) is 7.24. The van der Waals surface area contributed by atoms with Crippen molar-refractivity contribution in [3.8, 4) is 0 Å². The SMILES string of the molecule is CC(C)(C)C1CCNCC1c1ccc(Br)cc1. The molecule has 1 fully saturated rings. The summed E-state index contributed by atoms with van der Waals surface area (Å²) in [6, 6.07) is 8.84. The molecule has 0 saturated carbocycles. The van der Waals surface area contributed by atoms with Crippen LogP contribution < -0.4 is 5.32 Å². The zero-order valence-corrected chi connectivity index (χ0v) is 12.5. The average molecular weight is 296 g/mol. The fourth-order valence-corrected chi connectivity index (χ4v) is 3.22. The fraction of sp³-hybridized carbons (Fsp3) is 0.600. The van der Waals surface area contributed by atoms with Gasteiger partial charge in [-0.2, -0.15) is 0 Å². The molecule has 0 bridgehead atoms. The molecule has 0 amide bonds. The van der Waals surface area contributed by atoms with E-state index in [0.717, 1.165) is 23.5 Å². The second kappa shape index (κ2) is 5.11. The molecule has 1 aromatic rings. The third kappa shape index (κ3) is 3.11. The van der Waals surface area contributed by atoms with Gasteiger partial charge in [0, 0.05) is 11.0 Å². The molecule has 1 nitrogen and oxygen atoms in total. The molecular weight excluding hydrogens is 274 g/mol. The summed E-state index contributed by atoms with van der Waals surface area (Å²) < 4.78 is 1.16. The maximum atomic E-state index is 3.54. The molecule has 0 aliphatic carbocycles. The van der Waals surface area contributed by atoms with Crippen LogP contribution in [-0.4, -0.2) is 13.1 Å². The molecule has 2 rings (SSSR count). The first-order chi connectivity index (χ1) is 7.98. The second-order valence-electron chi connectivity index (χ2n) is 6.12. The number of hydrogen-bond acceptors (Lipinski definition) is 1. The molecule has 2 unspecified atom stereocenters. The molecular formula is C15H22BrN. The summed E-state index contributed by atoms with van der Waals surface area (Å²) in [5.41, 5.74) is 1.86. The van der Waals surface area contributed by atoms with Crippen molar-refractivity contribution < 1.29 is 0 Å². The van der Waals surface area contributed by atoms with Gasteiger partial charge < -0.3 is 5.32 Å². The van der Waals surface area contributed by atoms with Crippen LogP contribution in [0.15, 0.2) is 28.7 Å². The quantitative estimate of drug-likeness (QED) is 0.819. The van der Waals surface area contributed by atoms with Crippen LogP contribution in [0, 0.1) is 11.3 Å². The summed E-state index contributed by atoms with van der Waals surface area (Å²) >= 11 is 3.51.